The zero-order chi connectivity index (χ0) is 83.3. The van der Waals surface area contributed by atoms with Crippen LogP contribution in [0.3, 0.4) is 0 Å². The molecular weight excluding hydrogens is 1410 g/mol. The van der Waals surface area contributed by atoms with Crippen LogP contribution in [0, 0.1) is 17.8 Å². The first-order valence-electron chi connectivity index (χ1n) is 42.8. The Morgan fingerprint density at radius 2 is 0.536 bits per heavy atom. The SMILES string of the molecule is CC(C)N(C(=O)Nc1ccc(Cc2ccc(NC(=O)N(C(C)C)C(C)C)cc2)cc1)C(C)C.CC(C)NC(C)C.CCC(CCCCCO)CCCCCO.CCC(CCCCCOC(=O)NC)CCCCCOC(=O)Nc1ccc(Cc2ccc(NC(=O)OCCCCCC(CC)CCCCCOC(=O)NC)cc2)cc1. The lowest BCUT2D eigenvalue weighted by Gasteiger charge is -2.30. The average Bonchev–Trinajstić information content (AvgIpc) is 0.954. The first-order chi connectivity index (χ1) is 53.7. The van der Waals surface area contributed by atoms with Gasteiger partial charge in [-0.15, -0.1) is 0 Å². The van der Waals surface area contributed by atoms with E-state index >= 15 is 0 Å². The number of amides is 8. The second-order valence-corrected chi connectivity index (χ2v) is 31.3. The van der Waals surface area contributed by atoms with Crippen LogP contribution < -0.4 is 37.2 Å². The number of urea groups is 2. The van der Waals surface area contributed by atoms with Crippen molar-refractivity contribution in [3.8, 4) is 0 Å². The number of aliphatic hydroxyl groups is 2. The van der Waals surface area contributed by atoms with E-state index in [2.05, 4.69) is 85.7 Å². The highest BCUT2D eigenvalue weighted by molar-refractivity contribution is 5.90. The molecule has 4 rings (SSSR count). The average molecular weight is 1570 g/mol. The Kier molecular flexibility index (Phi) is 59.2. The first kappa shape index (κ1) is 102. The second kappa shape index (κ2) is 64.7. The van der Waals surface area contributed by atoms with Crippen molar-refractivity contribution in [3.63, 3.8) is 0 Å². The lowest BCUT2D eigenvalue weighted by Crippen LogP contribution is -2.44. The topological polar surface area (TPSA) is 270 Å². The van der Waals surface area contributed by atoms with E-state index in [1.165, 1.54) is 83.5 Å². The van der Waals surface area contributed by atoms with Gasteiger partial charge in [0.15, 0.2) is 0 Å². The van der Waals surface area contributed by atoms with Gasteiger partial charge in [0.05, 0.1) is 26.4 Å². The van der Waals surface area contributed by atoms with Gasteiger partial charge in [-0.25, -0.2) is 28.8 Å². The largest absolute Gasteiger partial charge is 0.450 e. The van der Waals surface area contributed by atoms with E-state index in [-0.39, 0.29) is 48.4 Å². The predicted octanol–water partition coefficient (Wildman–Crippen LogP) is 22.5. The number of hydrogen-bond donors (Lipinski definition) is 9. The van der Waals surface area contributed by atoms with Gasteiger partial charge >= 0.3 is 36.4 Å². The zero-order valence-corrected chi connectivity index (χ0v) is 72.6. The highest BCUT2D eigenvalue weighted by Crippen LogP contribution is 2.25. The van der Waals surface area contributed by atoms with Crippen molar-refractivity contribution in [1.82, 2.24) is 25.8 Å². The number of carbonyl (C=O) groups is 6. The number of anilines is 4. The standard InChI is InChI=1S/C45H72N4O8.C27H40N4O2.C13H28O2.C6H15N/c1-5-36(19-11-7-15-31-54-42(50)46-3)21-13-9-17-33-56-44(52)48-40-27-23-38(24-28-40)35-39-25-29-41(30-26-39)49-45(53)57-34-18-10-14-22-37(6-2)20-12-8-16-32-55-43(51)47-4;1-18(2)30(19(3)4)26(32)28-24-13-9-22(10-14-24)17-23-11-15-25(16-12-23)29-27(33)31(20(5)6)21(7)8;1-2-13(9-5-3-7-11-14)10-6-4-8-12-15;1-5(2)7-6(3)4/h23-30,36-37H,5-22,31-35H2,1-4H3,(H,46,50)(H,47,51)(H,48,52)(H,49,53);9-16,18-21H,17H2,1-8H3,(H,28,32)(H,29,33);13-15H,2-12H2,1H3;5-7H,1-4H3. The fourth-order valence-corrected chi connectivity index (χ4v) is 13.5. The predicted molar refractivity (Wildman–Crippen MR) is 464 cm³/mol. The van der Waals surface area contributed by atoms with E-state index in [9.17, 15) is 28.8 Å². The molecule has 0 aliphatic heterocycles. The molecule has 0 saturated heterocycles. The van der Waals surface area contributed by atoms with Gasteiger partial charge in [0.1, 0.15) is 0 Å². The molecule has 0 saturated carbocycles. The Balaban J connectivity index is 0.000000944. The number of ether oxygens (including phenoxy) is 4. The maximum atomic E-state index is 12.6. The van der Waals surface area contributed by atoms with Crippen molar-refractivity contribution in [1.29, 1.82) is 0 Å². The fourth-order valence-electron chi connectivity index (χ4n) is 13.5. The Labute approximate surface area is 677 Å². The minimum Gasteiger partial charge on any atom is -0.450 e. The van der Waals surface area contributed by atoms with E-state index < -0.39 is 12.2 Å². The van der Waals surface area contributed by atoms with Crippen LogP contribution in [0.25, 0.3) is 0 Å². The van der Waals surface area contributed by atoms with Crippen molar-refractivity contribution in [2.75, 3.05) is 75.0 Å². The number of nitrogens with one attached hydrogen (secondary N) is 7. The van der Waals surface area contributed by atoms with Crippen molar-refractivity contribution < 1.29 is 57.9 Å². The molecule has 0 fully saturated rings. The lowest BCUT2D eigenvalue weighted by atomic mass is 9.93. The summed E-state index contributed by atoms with van der Waals surface area (Å²) in [7, 11) is 3.13. The van der Waals surface area contributed by atoms with Crippen LogP contribution in [0.4, 0.5) is 51.5 Å². The molecule has 0 bridgehead atoms. The second-order valence-electron chi connectivity index (χ2n) is 31.3. The van der Waals surface area contributed by atoms with Crippen molar-refractivity contribution >= 4 is 59.2 Å². The summed E-state index contributed by atoms with van der Waals surface area (Å²) >= 11 is 0. The molecule has 2 unspecified atom stereocenters. The Morgan fingerprint density at radius 3 is 0.732 bits per heavy atom. The quantitative estimate of drug-likeness (QED) is 0.0147. The summed E-state index contributed by atoms with van der Waals surface area (Å²) in [5.41, 5.74) is 7.45. The van der Waals surface area contributed by atoms with Crippen LogP contribution in [-0.4, -0.2) is 146 Å². The molecule has 0 radical (unpaired) electrons. The van der Waals surface area contributed by atoms with Gasteiger partial charge in [-0.3, -0.25) is 10.6 Å². The van der Waals surface area contributed by atoms with Crippen LogP contribution in [0.1, 0.15) is 299 Å². The third kappa shape index (κ3) is 51.9. The monoisotopic (exact) mass is 1570 g/mol. The van der Waals surface area contributed by atoms with Gasteiger partial charge in [0.25, 0.3) is 0 Å². The fraction of sp³-hybridized carbons (Fsp3) is 0.670. The van der Waals surface area contributed by atoms with E-state index in [1.807, 2.05) is 162 Å². The molecule has 9 N–H and O–H groups in total. The van der Waals surface area contributed by atoms with Crippen LogP contribution >= 0.6 is 0 Å². The summed E-state index contributed by atoms with van der Waals surface area (Å²) in [6.45, 7) is 33.9. The molecular formula is C91H155N9O12. The van der Waals surface area contributed by atoms with Gasteiger partial charge in [0, 0.05) is 86.3 Å². The molecule has 21 nitrogen and oxygen atoms in total. The molecule has 0 aliphatic carbocycles. The third-order valence-electron chi connectivity index (χ3n) is 19.6. The van der Waals surface area contributed by atoms with Crippen molar-refractivity contribution in [2.45, 2.75) is 326 Å². The number of alkyl carbamates (subject to hydrolysis) is 2. The highest BCUT2D eigenvalue weighted by atomic mass is 16.6. The molecule has 112 heavy (non-hydrogen) atoms. The number of rotatable bonds is 51. The maximum absolute atomic E-state index is 12.6. The highest BCUT2D eigenvalue weighted by Gasteiger charge is 2.22. The molecule has 0 spiro atoms. The van der Waals surface area contributed by atoms with Gasteiger partial charge in [-0.1, -0.05) is 232 Å². The minimum atomic E-state index is -0.441. The molecule has 4 aromatic rings. The molecule has 636 valence electrons. The minimum absolute atomic E-state index is 0.0844. The number of unbranched alkanes of at least 4 members (excludes halogenated alkanes) is 12. The summed E-state index contributed by atoms with van der Waals surface area (Å²) in [5.74, 6) is 2.28. The smallest absolute Gasteiger partial charge is 0.411 e. The van der Waals surface area contributed by atoms with Crippen molar-refractivity contribution in [3.05, 3.63) is 119 Å². The zero-order valence-electron chi connectivity index (χ0n) is 72.6. The molecule has 2 atom stereocenters. The van der Waals surface area contributed by atoms with Gasteiger partial charge in [-0.2, -0.15) is 0 Å². The number of nitrogens with zero attached hydrogens (tertiary/aromatic N) is 2. The summed E-state index contributed by atoms with van der Waals surface area (Å²) in [5, 5.41) is 37.2. The number of aliphatic hydroxyl groups excluding tert-OH is 2. The van der Waals surface area contributed by atoms with Crippen LogP contribution in [0.5, 0.6) is 0 Å². The molecule has 21 heteroatoms. The first-order valence-corrected chi connectivity index (χ1v) is 42.8. The van der Waals surface area contributed by atoms with E-state index in [0.717, 1.165) is 142 Å². The Morgan fingerprint density at radius 1 is 0.312 bits per heavy atom. The van der Waals surface area contributed by atoms with E-state index in [4.69, 9.17) is 29.2 Å². The summed E-state index contributed by atoms with van der Waals surface area (Å²) in [6.07, 6.45) is 29.9. The molecule has 0 heterocycles. The molecule has 0 aliphatic rings. The number of carbonyl (C=O) groups excluding carboxylic acids is 6. The van der Waals surface area contributed by atoms with Gasteiger partial charge in [0.2, 0.25) is 0 Å². The van der Waals surface area contributed by atoms with Gasteiger partial charge in [-0.05, 0) is 195 Å². The van der Waals surface area contributed by atoms with Crippen LogP contribution in [0.15, 0.2) is 97.1 Å². The van der Waals surface area contributed by atoms with Crippen LogP contribution in [0.2, 0.25) is 0 Å². The summed E-state index contributed by atoms with van der Waals surface area (Å²) < 4.78 is 20.9. The normalized spacial score (nSPS) is 11.6. The summed E-state index contributed by atoms with van der Waals surface area (Å²) in [4.78, 5) is 75.7. The van der Waals surface area contributed by atoms with E-state index in [0.29, 0.717) is 74.9 Å². The molecule has 4 aromatic carbocycles. The van der Waals surface area contributed by atoms with Crippen molar-refractivity contribution in [2.24, 2.45) is 17.8 Å². The Bertz CT molecular complexity index is 2810. The summed E-state index contributed by atoms with van der Waals surface area (Å²) in [6, 6.07) is 32.9. The van der Waals surface area contributed by atoms with Gasteiger partial charge < -0.3 is 65.5 Å². The number of hydrogen-bond acceptors (Lipinski definition) is 13. The Hall–Kier alpha value is -7.62. The third-order valence-corrected chi connectivity index (χ3v) is 19.6. The lowest BCUT2D eigenvalue weighted by molar-refractivity contribution is 0.145. The number of benzene rings is 4. The molecule has 0 aromatic heterocycles. The van der Waals surface area contributed by atoms with E-state index in [1.54, 1.807) is 14.1 Å². The molecule has 8 amide bonds. The van der Waals surface area contributed by atoms with Crippen LogP contribution in [-0.2, 0) is 31.8 Å². The maximum Gasteiger partial charge on any atom is 0.411 e.